The molecule has 0 saturated carbocycles. The van der Waals surface area contributed by atoms with Gasteiger partial charge in [0.05, 0.1) is 18.4 Å². The lowest BCUT2D eigenvalue weighted by Gasteiger charge is -2.38. The average Bonchev–Trinajstić information content (AvgIpc) is 3.71. The molecule has 0 spiro atoms. The number of aliphatic imine (C=N–C) groups is 1. The highest BCUT2D eigenvalue weighted by molar-refractivity contribution is 5.71. The highest BCUT2D eigenvalue weighted by Gasteiger charge is 2.31. The number of piperidine rings is 1. The number of aliphatic hydroxyl groups is 1. The second-order valence-electron chi connectivity index (χ2n) is 12.3. The largest absolute Gasteiger partial charge is 0.497 e. The van der Waals surface area contributed by atoms with Crippen LogP contribution in [0.4, 0.5) is 0 Å². The number of nitrogens with zero attached hydrogens (tertiary/aromatic N) is 3. The minimum absolute atomic E-state index is 0.173. The predicted molar refractivity (Wildman–Crippen MR) is 166 cm³/mol. The smallest absolute Gasteiger partial charge is 0.199 e. The van der Waals surface area contributed by atoms with Crippen LogP contribution in [0.5, 0.6) is 0 Å². The molecule has 0 amide bonds. The van der Waals surface area contributed by atoms with E-state index >= 15 is 0 Å². The lowest BCUT2D eigenvalue weighted by molar-refractivity contribution is -0.0244. The summed E-state index contributed by atoms with van der Waals surface area (Å²) in [4.78, 5) is 9.46. The minimum Gasteiger partial charge on any atom is -0.497 e. The molecular weight excluding hydrogens is 526 g/mol. The zero-order chi connectivity index (χ0) is 29.1. The zero-order valence-corrected chi connectivity index (χ0v) is 25.2. The average molecular weight is 574 g/mol. The van der Waals surface area contributed by atoms with Crippen molar-refractivity contribution in [2.45, 2.75) is 89.1 Å². The van der Waals surface area contributed by atoms with Crippen molar-refractivity contribution in [1.82, 2.24) is 15.1 Å². The van der Waals surface area contributed by atoms with Gasteiger partial charge in [-0.05, 0) is 101 Å². The van der Waals surface area contributed by atoms with E-state index in [1.807, 2.05) is 13.1 Å². The quantitative estimate of drug-likeness (QED) is 0.375. The predicted octanol–water partition coefficient (Wildman–Crippen LogP) is 5.17. The van der Waals surface area contributed by atoms with Crippen molar-refractivity contribution in [3.05, 3.63) is 81.7 Å². The van der Waals surface area contributed by atoms with E-state index < -0.39 is 6.23 Å². The van der Waals surface area contributed by atoms with Gasteiger partial charge in [0.15, 0.2) is 6.23 Å². The molecule has 2 saturated heterocycles. The number of benzene rings is 1. The van der Waals surface area contributed by atoms with Gasteiger partial charge < -0.3 is 30.5 Å². The summed E-state index contributed by atoms with van der Waals surface area (Å²) in [5.74, 6) is 2.62. The van der Waals surface area contributed by atoms with Crippen LogP contribution in [0.1, 0.15) is 88.0 Å². The first-order valence-corrected chi connectivity index (χ1v) is 15.9. The van der Waals surface area contributed by atoms with E-state index in [4.69, 9.17) is 15.2 Å². The Bertz CT molecular complexity index is 1270. The van der Waals surface area contributed by atoms with Crippen LogP contribution in [0.15, 0.2) is 75.6 Å². The molecule has 0 radical (unpaired) electrons. The van der Waals surface area contributed by atoms with Crippen LogP contribution >= 0.6 is 0 Å². The lowest BCUT2D eigenvalue weighted by atomic mass is 9.88. The Morgan fingerprint density at radius 3 is 2.55 bits per heavy atom. The highest BCUT2D eigenvalue weighted by atomic mass is 16.5. The van der Waals surface area contributed by atoms with E-state index in [0.29, 0.717) is 11.9 Å². The van der Waals surface area contributed by atoms with Gasteiger partial charge in [0.2, 0.25) is 0 Å². The van der Waals surface area contributed by atoms with Crippen LogP contribution in [0.3, 0.4) is 0 Å². The van der Waals surface area contributed by atoms with Crippen LogP contribution < -0.4 is 11.1 Å². The number of hydrogen-bond acceptors (Lipinski definition) is 8. The number of aliphatic hydroxyl groups excluding tert-OH is 1. The van der Waals surface area contributed by atoms with Crippen molar-refractivity contribution in [3.8, 4) is 0 Å². The van der Waals surface area contributed by atoms with E-state index in [-0.39, 0.29) is 12.1 Å². The summed E-state index contributed by atoms with van der Waals surface area (Å²) >= 11 is 0. The van der Waals surface area contributed by atoms with Gasteiger partial charge in [0.25, 0.3) is 0 Å². The minimum atomic E-state index is -0.550. The van der Waals surface area contributed by atoms with E-state index in [0.717, 1.165) is 86.4 Å². The molecule has 8 heteroatoms. The number of methoxy groups -OCH3 is 1. The molecule has 0 aromatic heterocycles. The number of nitrogens with two attached hydrogens (primary N) is 1. The highest BCUT2D eigenvalue weighted by Crippen LogP contribution is 2.34. The number of ether oxygens (including phenoxy) is 2. The van der Waals surface area contributed by atoms with E-state index in [2.05, 4.69) is 56.5 Å². The molecule has 4 heterocycles. The van der Waals surface area contributed by atoms with Crippen molar-refractivity contribution < 1.29 is 14.6 Å². The first-order chi connectivity index (χ1) is 20.5. The molecule has 1 aromatic rings. The second-order valence-corrected chi connectivity index (χ2v) is 12.3. The number of hydrogen-bond donors (Lipinski definition) is 3. The normalized spacial score (nSPS) is 26.6. The zero-order valence-electron chi connectivity index (χ0n) is 25.2. The molecule has 6 rings (SSSR count). The summed E-state index contributed by atoms with van der Waals surface area (Å²) in [6.45, 7) is 6.41. The summed E-state index contributed by atoms with van der Waals surface area (Å²) in [5.41, 5.74) is 11.9. The van der Waals surface area contributed by atoms with Gasteiger partial charge in [-0.15, -0.1) is 0 Å². The van der Waals surface area contributed by atoms with Crippen molar-refractivity contribution in [2.75, 3.05) is 33.3 Å². The molecular formula is C34H47N5O3. The summed E-state index contributed by atoms with van der Waals surface area (Å²) in [5, 5.41) is 14.7. The van der Waals surface area contributed by atoms with E-state index in [9.17, 15) is 5.11 Å². The molecule has 5 aliphatic rings. The third-order valence-electron chi connectivity index (χ3n) is 9.74. The van der Waals surface area contributed by atoms with Crippen molar-refractivity contribution in [2.24, 2.45) is 10.7 Å². The maximum atomic E-state index is 11.1. The van der Waals surface area contributed by atoms with Crippen LogP contribution in [0, 0.1) is 0 Å². The SMILES string of the molecule is COC1=CCCC=C1C1NC(CCC2=C(N)N=CC(c3ccc(C(O)N4CCC(N5CCCC5)CC4)cc3)C2)=C(C)O1. The van der Waals surface area contributed by atoms with E-state index in [1.165, 1.54) is 37.1 Å². The fourth-order valence-electron chi connectivity index (χ4n) is 7.16. The Balaban J connectivity index is 1.01. The topological polar surface area (TPSA) is 95.6 Å². The molecule has 3 atom stereocenters. The lowest BCUT2D eigenvalue weighted by Crippen LogP contribution is -2.44. The standard InChI is InChI=1S/C34H47N5O3/c1-23-30(37-33(42-23)29-7-3-4-8-31(29)41-2)14-13-26-21-27(22-36-32(26)35)24-9-11-25(12-10-24)34(40)39-19-15-28(16-20-39)38-17-5-6-18-38/h7-12,22,27-28,33-34,37,40H,3-6,13-21,35H2,1-2H3. The third kappa shape index (κ3) is 6.31. The van der Waals surface area contributed by atoms with Crippen LogP contribution in [-0.4, -0.2) is 66.7 Å². The molecule has 226 valence electrons. The number of rotatable bonds is 9. The molecule has 4 N–H and O–H groups in total. The van der Waals surface area contributed by atoms with Crippen LogP contribution in [-0.2, 0) is 9.47 Å². The summed E-state index contributed by atoms with van der Waals surface area (Å²) in [6, 6.07) is 9.14. The van der Waals surface area contributed by atoms with Crippen molar-refractivity contribution in [1.29, 1.82) is 0 Å². The van der Waals surface area contributed by atoms with Crippen LogP contribution in [0.25, 0.3) is 0 Å². The van der Waals surface area contributed by atoms with Gasteiger partial charge in [-0.1, -0.05) is 30.3 Å². The van der Waals surface area contributed by atoms with Gasteiger partial charge >= 0.3 is 0 Å². The summed E-state index contributed by atoms with van der Waals surface area (Å²) in [7, 11) is 1.71. The summed E-state index contributed by atoms with van der Waals surface area (Å²) in [6.07, 6.45) is 15.0. The van der Waals surface area contributed by atoms with Gasteiger partial charge in [-0.3, -0.25) is 4.90 Å². The Morgan fingerprint density at radius 2 is 1.81 bits per heavy atom. The van der Waals surface area contributed by atoms with Gasteiger partial charge in [-0.2, -0.15) is 0 Å². The first-order valence-electron chi connectivity index (χ1n) is 15.9. The maximum absolute atomic E-state index is 11.1. The monoisotopic (exact) mass is 573 g/mol. The molecule has 8 nitrogen and oxygen atoms in total. The van der Waals surface area contributed by atoms with Crippen molar-refractivity contribution in [3.63, 3.8) is 0 Å². The fraction of sp³-hybridized carbons (Fsp3) is 0.559. The number of nitrogens with one attached hydrogen (secondary N) is 1. The van der Waals surface area contributed by atoms with E-state index in [1.54, 1.807) is 7.11 Å². The third-order valence-corrected chi connectivity index (χ3v) is 9.74. The van der Waals surface area contributed by atoms with Gasteiger partial charge in [0, 0.05) is 31.3 Å². The molecule has 1 aliphatic carbocycles. The van der Waals surface area contributed by atoms with Gasteiger partial charge in [0.1, 0.15) is 23.6 Å². The Kier molecular flexibility index (Phi) is 9.03. The molecule has 2 fully saturated rings. The van der Waals surface area contributed by atoms with Crippen molar-refractivity contribution >= 4 is 6.21 Å². The molecule has 4 aliphatic heterocycles. The number of allylic oxidation sites excluding steroid dienone is 5. The molecule has 42 heavy (non-hydrogen) atoms. The fourth-order valence-corrected chi connectivity index (χ4v) is 7.16. The second kappa shape index (κ2) is 13.1. The molecule has 3 unspecified atom stereocenters. The van der Waals surface area contributed by atoms with Gasteiger partial charge in [-0.25, -0.2) is 4.99 Å². The Morgan fingerprint density at radius 1 is 1.07 bits per heavy atom. The Labute approximate surface area is 250 Å². The Hall–Kier alpha value is -3.07. The first kappa shape index (κ1) is 29.0. The maximum Gasteiger partial charge on any atom is 0.199 e. The summed E-state index contributed by atoms with van der Waals surface area (Å²) < 4.78 is 11.8. The van der Waals surface area contributed by atoms with Crippen LogP contribution in [0.2, 0.25) is 0 Å². The molecule has 0 bridgehead atoms. The number of likely N-dealkylation sites (tertiary alicyclic amines) is 2. The molecule has 1 aromatic carbocycles.